The van der Waals surface area contributed by atoms with Gasteiger partial charge in [-0.1, -0.05) is 33.6 Å². The molecule has 3 rings (SSSR count). The summed E-state index contributed by atoms with van der Waals surface area (Å²) >= 11 is 9.54. The van der Waals surface area contributed by atoms with Gasteiger partial charge in [0.25, 0.3) is 0 Å². The van der Waals surface area contributed by atoms with Crippen molar-refractivity contribution in [2.24, 2.45) is 0 Å². The summed E-state index contributed by atoms with van der Waals surface area (Å²) in [5, 5.41) is 0.582. The molecule has 21 heavy (non-hydrogen) atoms. The number of amides is 1. The molecule has 2 aromatic rings. The molecule has 1 aliphatic heterocycles. The summed E-state index contributed by atoms with van der Waals surface area (Å²) in [7, 11) is 0. The van der Waals surface area contributed by atoms with Crippen LogP contribution in [0.15, 0.2) is 40.9 Å². The minimum Gasteiger partial charge on any atom is -0.487 e. The molecule has 3 nitrogen and oxygen atoms in total. The Kier molecular flexibility index (Phi) is 3.91. The highest BCUT2D eigenvalue weighted by Crippen LogP contribution is 2.35. The Hall–Kier alpha value is -1.52. The van der Waals surface area contributed by atoms with E-state index in [0.717, 1.165) is 15.6 Å². The summed E-state index contributed by atoms with van der Waals surface area (Å²) < 4.78 is 6.85. The minimum absolute atomic E-state index is 0.0463. The van der Waals surface area contributed by atoms with Gasteiger partial charge in [-0.3, -0.25) is 4.79 Å². The number of hydrogen-bond donors (Lipinski definition) is 0. The molecule has 0 radical (unpaired) electrons. The van der Waals surface area contributed by atoms with Crippen molar-refractivity contribution in [3.8, 4) is 5.75 Å². The molecule has 1 heterocycles. The first kappa shape index (κ1) is 14.4. The third-order valence-corrected chi connectivity index (χ3v) is 4.20. The zero-order chi connectivity index (χ0) is 15.0. The number of carbonyl (C=O) groups is 1. The van der Waals surface area contributed by atoms with E-state index in [1.54, 1.807) is 30.0 Å². The number of halogens is 2. The van der Waals surface area contributed by atoms with E-state index in [2.05, 4.69) is 15.9 Å². The molecule has 0 unspecified atom stereocenters. The fourth-order valence-electron chi connectivity index (χ4n) is 2.40. The summed E-state index contributed by atoms with van der Waals surface area (Å²) in [6, 6.07) is 11.3. The molecule has 0 aromatic heterocycles. The number of fused-ring (bicyclic) bond motifs is 2. The van der Waals surface area contributed by atoms with Crippen molar-refractivity contribution < 1.29 is 9.53 Å². The van der Waals surface area contributed by atoms with Crippen molar-refractivity contribution in [2.45, 2.75) is 20.1 Å². The number of ether oxygens (including phenoxy) is 1. The van der Waals surface area contributed by atoms with Crippen molar-refractivity contribution in [3.63, 3.8) is 0 Å². The highest BCUT2D eigenvalue weighted by Gasteiger charge is 2.21. The summed E-state index contributed by atoms with van der Waals surface area (Å²) in [6.45, 7) is 2.52. The summed E-state index contributed by atoms with van der Waals surface area (Å²) in [6.07, 6.45) is 0. The van der Waals surface area contributed by atoms with Crippen LogP contribution in [-0.2, 0) is 17.9 Å². The zero-order valence-corrected chi connectivity index (χ0v) is 13.7. The van der Waals surface area contributed by atoms with Gasteiger partial charge in [0.2, 0.25) is 5.91 Å². The molecule has 5 heteroatoms. The maximum atomic E-state index is 12.0. The van der Waals surface area contributed by atoms with E-state index in [1.807, 2.05) is 18.2 Å². The van der Waals surface area contributed by atoms with E-state index in [9.17, 15) is 4.79 Å². The van der Waals surface area contributed by atoms with Gasteiger partial charge in [-0.05, 0) is 41.5 Å². The van der Waals surface area contributed by atoms with E-state index in [-0.39, 0.29) is 5.91 Å². The molecular formula is C16H13BrClNO2. The lowest BCUT2D eigenvalue weighted by Gasteiger charge is -2.28. The molecule has 0 fully saturated rings. The first-order chi connectivity index (χ1) is 10.0. The standard InChI is InChI=1S/C16H13BrClNO2/c1-10(20)19-8-12-6-13(17)3-2-11(12)9-21-16-5-4-14(18)7-15(16)19/h2-7H,8-9H2,1H3. The Morgan fingerprint density at radius 1 is 1.24 bits per heavy atom. The van der Waals surface area contributed by atoms with E-state index >= 15 is 0 Å². The second kappa shape index (κ2) is 5.70. The van der Waals surface area contributed by atoms with Gasteiger partial charge < -0.3 is 9.64 Å². The SMILES string of the molecule is CC(=O)N1Cc2cc(Br)ccc2COc2ccc(Cl)cc21. The summed E-state index contributed by atoms with van der Waals surface area (Å²) in [5.41, 5.74) is 2.84. The number of hydrogen-bond acceptors (Lipinski definition) is 2. The molecule has 0 bridgehead atoms. The molecule has 0 spiro atoms. The van der Waals surface area contributed by atoms with Crippen LogP contribution in [0.5, 0.6) is 5.75 Å². The van der Waals surface area contributed by atoms with Crippen LogP contribution in [0, 0.1) is 0 Å². The second-order valence-corrected chi connectivity index (χ2v) is 6.27. The van der Waals surface area contributed by atoms with Crippen molar-refractivity contribution in [1.82, 2.24) is 0 Å². The fraction of sp³-hybridized carbons (Fsp3) is 0.188. The van der Waals surface area contributed by atoms with Crippen LogP contribution >= 0.6 is 27.5 Å². The van der Waals surface area contributed by atoms with Gasteiger partial charge in [-0.2, -0.15) is 0 Å². The number of carbonyl (C=O) groups excluding carboxylic acids is 1. The lowest BCUT2D eigenvalue weighted by molar-refractivity contribution is -0.116. The highest BCUT2D eigenvalue weighted by molar-refractivity contribution is 9.10. The minimum atomic E-state index is -0.0463. The smallest absolute Gasteiger partial charge is 0.224 e. The number of rotatable bonds is 0. The highest BCUT2D eigenvalue weighted by atomic mass is 79.9. The summed E-state index contributed by atoms with van der Waals surface area (Å²) in [4.78, 5) is 13.7. The zero-order valence-electron chi connectivity index (χ0n) is 11.4. The van der Waals surface area contributed by atoms with E-state index in [4.69, 9.17) is 16.3 Å². The predicted octanol–water partition coefficient (Wildman–Crippen LogP) is 4.55. The van der Waals surface area contributed by atoms with E-state index in [0.29, 0.717) is 29.6 Å². The van der Waals surface area contributed by atoms with Gasteiger partial charge in [0.1, 0.15) is 12.4 Å². The number of benzene rings is 2. The van der Waals surface area contributed by atoms with Crippen molar-refractivity contribution in [1.29, 1.82) is 0 Å². The fourth-order valence-corrected chi connectivity index (χ4v) is 2.97. The van der Waals surface area contributed by atoms with Crippen LogP contribution in [0.3, 0.4) is 0 Å². The molecular weight excluding hydrogens is 354 g/mol. The van der Waals surface area contributed by atoms with Crippen LogP contribution in [0.2, 0.25) is 5.02 Å². The van der Waals surface area contributed by atoms with Gasteiger partial charge in [-0.15, -0.1) is 0 Å². The van der Waals surface area contributed by atoms with Crippen LogP contribution in [-0.4, -0.2) is 5.91 Å². The maximum Gasteiger partial charge on any atom is 0.224 e. The third-order valence-electron chi connectivity index (χ3n) is 3.47. The Labute approximate surface area is 136 Å². The lowest BCUT2D eigenvalue weighted by Crippen LogP contribution is -2.30. The molecule has 108 valence electrons. The molecule has 0 saturated heterocycles. The molecule has 1 aliphatic rings. The number of nitrogens with zero attached hydrogens (tertiary/aromatic N) is 1. The lowest BCUT2D eigenvalue weighted by atomic mass is 10.1. The molecule has 0 aliphatic carbocycles. The molecule has 0 saturated carbocycles. The largest absolute Gasteiger partial charge is 0.487 e. The van der Waals surface area contributed by atoms with Gasteiger partial charge in [0, 0.05) is 16.4 Å². The van der Waals surface area contributed by atoms with Crippen molar-refractivity contribution in [2.75, 3.05) is 4.90 Å². The molecule has 1 amide bonds. The van der Waals surface area contributed by atoms with Crippen LogP contribution in [0.25, 0.3) is 0 Å². The Bertz CT molecular complexity index is 717. The average Bonchev–Trinajstić information content (AvgIpc) is 2.42. The monoisotopic (exact) mass is 365 g/mol. The quantitative estimate of drug-likeness (QED) is 0.684. The van der Waals surface area contributed by atoms with Gasteiger partial charge in [0.15, 0.2) is 0 Å². The first-order valence-electron chi connectivity index (χ1n) is 6.52. The Balaban J connectivity index is 2.12. The molecule has 0 N–H and O–H groups in total. The van der Waals surface area contributed by atoms with Crippen molar-refractivity contribution >= 4 is 39.1 Å². The Morgan fingerprint density at radius 3 is 2.81 bits per heavy atom. The van der Waals surface area contributed by atoms with E-state index < -0.39 is 0 Å². The second-order valence-electron chi connectivity index (χ2n) is 4.92. The predicted molar refractivity (Wildman–Crippen MR) is 86.8 cm³/mol. The third kappa shape index (κ3) is 2.92. The van der Waals surface area contributed by atoms with Crippen LogP contribution in [0.1, 0.15) is 18.1 Å². The van der Waals surface area contributed by atoms with Gasteiger partial charge in [0.05, 0.1) is 12.2 Å². The Morgan fingerprint density at radius 2 is 2.05 bits per heavy atom. The average molecular weight is 367 g/mol. The molecule has 2 aromatic carbocycles. The molecule has 0 atom stereocenters. The first-order valence-corrected chi connectivity index (χ1v) is 7.69. The van der Waals surface area contributed by atoms with Gasteiger partial charge >= 0.3 is 0 Å². The van der Waals surface area contributed by atoms with E-state index in [1.165, 1.54) is 0 Å². The topological polar surface area (TPSA) is 29.5 Å². The number of anilines is 1. The summed E-state index contributed by atoms with van der Waals surface area (Å²) in [5.74, 6) is 0.623. The normalized spacial score (nSPS) is 13.6. The van der Waals surface area contributed by atoms with Gasteiger partial charge in [-0.25, -0.2) is 0 Å². The van der Waals surface area contributed by atoms with Crippen LogP contribution < -0.4 is 9.64 Å². The van der Waals surface area contributed by atoms with Crippen molar-refractivity contribution in [3.05, 3.63) is 57.0 Å². The maximum absolute atomic E-state index is 12.0. The van der Waals surface area contributed by atoms with Crippen LogP contribution in [0.4, 0.5) is 5.69 Å².